The Hall–Kier alpha value is -3.13. The van der Waals surface area contributed by atoms with E-state index in [2.05, 4.69) is 31.4 Å². The summed E-state index contributed by atoms with van der Waals surface area (Å²) in [6, 6.07) is 12.7. The summed E-state index contributed by atoms with van der Waals surface area (Å²) in [6.45, 7) is 6.28. The van der Waals surface area contributed by atoms with Crippen molar-refractivity contribution in [3.05, 3.63) is 64.2 Å². The van der Waals surface area contributed by atoms with Crippen LogP contribution in [0.25, 0.3) is 0 Å². The Morgan fingerprint density at radius 2 is 1.75 bits per heavy atom. The third-order valence-corrected chi connectivity index (χ3v) is 4.00. The van der Waals surface area contributed by atoms with Gasteiger partial charge in [-0.2, -0.15) is 0 Å². The van der Waals surface area contributed by atoms with Crippen LogP contribution in [0, 0.1) is 10.1 Å². The van der Waals surface area contributed by atoms with Crippen molar-refractivity contribution in [3.8, 4) is 5.75 Å². The third-order valence-electron chi connectivity index (χ3n) is 4.00. The molecule has 0 aliphatic carbocycles. The van der Waals surface area contributed by atoms with E-state index in [9.17, 15) is 20.0 Å². The van der Waals surface area contributed by atoms with Crippen LogP contribution >= 0.6 is 0 Å². The van der Waals surface area contributed by atoms with E-state index >= 15 is 0 Å². The normalized spacial score (nSPS) is 12.1. The second kappa shape index (κ2) is 9.18. The molecule has 2 aromatic rings. The molecule has 0 aliphatic heterocycles. The molecule has 8 heteroatoms. The van der Waals surface area contributed by atoms with Gasteiger partial charge in [0.1, 0.15) is 18.5 Å². The highest BCUT2D eigenvalue weighted by molar-refractivity contribution is 5.89. The fraction of sp³-hybridized carbons (Fsp3) is 0.350. The van der Waals surface area contributed by atoms with Gasteiger partial charge in [0.2, 0.25) is 0 Å². The summed E-state index contributed by atoms with van der Waals surface area (Å²) in [5, 5.41) is 25.8. The number of hydrogen-bond donors (Lipinski definition) is 3. The lowest BCUT2D eigenvalue weighted by Gasteiger charge is -2.19. The Bertz CT molecular complexity index is 798. The second-order valence-electron chi connectivity index (χ2n) is 7.38. The summed E-state index contributed by atoms with van der Waals surface area (Å²) < 4.78 is 5.35. The third kappa shape index (κ3) is 6.55. The molecule has 0 radical (unpaired) electrons. The predicted molar refractivity (Wildman–Crippen MR) is 107 cm³/mol. The van der Waals surface area contributed by atoms with E-state index < -0.39 is 17.1 Å². The highest BCUT2D eigenvalue weighted by Gasteiger charge is 2.13. The van der Waals surface area contributed by atoms with Crippen LogP contribution in [0.3, 0.4) is 0 Å². The van der Waals surface area contributed by atoms with Crippen molar-refractivity contribution >= 4 is 17.4 Å². The van der Waals surface area contributed by atoms with Crippen LogP contribution in [-0.2, 0) is 5.41 Å². The number of carbonyl (C=O) groups excluding carboxylic acids is 1. The van der Waals surface area contributed by atoms with Crippen LogP contribution in [0.1, 0.15) is 26.3 Å². The lowest BCUT2D eigenvalue weighted by molar-refractivity contribution is -0.384. The maximum Gasteiger partial charge on any atom is 0.319 e. The van der Waals surface area contributed by atoms with Gasteiger partial charge in [-0.15, -0.1) is 0 Å². The number of nitro groups is 1. The summed E-state index contributed by atoms with van der Waals surface area (Å²) >= 11 is 0. The molecule has 150 valence electrons. The summed E-state index contributed by atoms with van der Waals surface area (Å²) in [5.74, 6) is 0.396. The molecule has 0 aromatic heterocycles. The summed E-state index contributed by atoms with van der Waals surface area (Å²) in [4.78, 5) is 22.0. The highest BCUT2D eigenvalue weighted by Crippen LogP contribution is 2.23. The van der Waals surface area contributed by atoms with E-state index in [1.54, 1.807) is 0 Å². The number of anilines is 1. The van der Waals surface area contributed by atoms with E-state index in [-0.39, 0.29) is 24.3 Å². The number of urea groups is 1. The molecule has 0 saturated carbocycles. The largest absolute Gasteiger partial charge is 0.491 e. The molecule has 0 aliphatic rings. The van der Waals surface area contributed by atoms with Gasteiger partial charge in [0, 0.05) is 24.4 Å². The Morgan fingerprint density at radius 3 is 2.29 bits per heavy atom. The van der Waals surface area contributed by atoms with Gasteiger partial charge >= 0.3 is 6.03 Å². The van der Waals surface area contributed by atoms with E-state index in [0.717, 1.165) is 5.56 Å². The van der Waals surface area contributed by atoms with Crippen molar-refractivity contribution in [1.82, 2.24) is 5.32 Å². The lowest BCUT2D eigenvalue weighted by atomic mass is 9.87. The molecule has 8 nitrogen and oxygen atoms in total. The summed E-state index contributed by atoms with van der Waals surface area (Å²) in [6.07, 6.45) is -0.927. The lowest BCUT2D eigenvalue weighted by Crippen LogP contribution is -2.37. The second-order valence-corrected chi connectivity index (χ2v) is 7.38. The fourth-order valence-electron chi connectivity index (χ4n) is 2.35. The van der Waals surface area contributed by atoms with Gasteiger partial charge < -0.3 is 20.5 Å². The molecule has 2 aromatic carbocycles. The van der Waals surface area contributed by atoms with Gasteiger partial charge in [-0.05, 0) is 35.2 Å². The summed E-state index contributed by atoms with van der Waals surface area (Å²) in [7, 11) is 0. The maximum absolute atomic E-state index is 11.9. The van der Waals surface area contributed by atoms with Crippen LogP contribution in [0.4, 0.5) is 16.2 Å². The molecule has 2 rings (SSSR count). The molecular formula is C20H25N3O5. The Labute approximate surface area is 163 Å². The quantitative estimate of drug-likeness (QED) is 0.497. The average molecular weight is 387 g/mol. The zero-order valence-electron chi connectivity index (χ0n) is 16.1. The molecule has 0 bridgehead atoms. The van der Waals surface area contributed by atoms with Gasteiger partial charge in [-0.25, -0.2) is 4.79 Å². The number of hydrogen-bond acceptors (Lipinski definition) is 5. The number of rotatable bonds is 7. The number of nitro benzene ring substituents is 1. The number of carbonyl (C=O) groups is 1. The van der Waals surface area contributed by atoms with E-state index in [1.165, 1.54) is 24.3 Å². The first-order chi connectivity index (χ1) is 13.1. The molecule has 0 fully saturated rings. The minimum Gasteiger partial charge on any atom is -0.491 e. The van der Waals surface area contributed by atoms with Crippen LogP contribution in [0.2, 0.25) is 0 Å². The molecule has 2 amide bonds. The number of non-ortho nitro benzene ring substituents is 1. The first-order valence-corrected chi connectivity index (χ1v) is 8.86. The molecule has 1 atom stereocenters. The maximum atomic E-state index is 11.9. The Kier molecular flexibility index (Phi) is 6.94. The highest BCUT2D eigenvalue weighted by atomic mass is 16.6. The van der Waals surface area contributed by atoms with Gasteiger partial charge in [0.25, 0.3) is 5.69 Å². The Morgan fingerprint density at radius 1 is 1.14 bits per heavy atom. The Balaban J connectivity index is 1.73. The van der Waals surface area contributed by atoms with Crippen molar-refractivity contribution in [2.75, 3.05) is 18.5 Å². The van der Waals surface area contributed by atoms with E-state index in [4.69, 9.17) is 4.74 Å². The van der Waals surface area contributed by atoms with Crippen molar-refractivity contribution in [2.24, 2.45) is 0 Å². The molecule has 0 spiro atoms. The van der Waals surface area contributed by atoms with Crippen LogP contribution < -0.4 is 15.4 Å². The van der Waals surface area contributed by atoms with E-state index in [0.29, 0.717) is 11.4 Å². The standard InChI is InChI=1S/C20H25N3O5/c1-20(2,3)14-4-6-15(7-5-14)22-19(25)21-12-17(24)13-28-18-10-8-16(9-11-18)23(26)27/h4-11,17,24H,12-13H2,1-3H3,(H2,21,22,25)/t17-/m1/s1. The average Bonchev–Trinajstić information content (AvgIpc) is 2.64. The van der Waals surface area contributed by atoms with Crippen molar-refractivity contribution < 1.29 is 19.6 Å². The monoisotopic (exact) mass is 387 g/mol. The number of nitrogens with one attached hydrogen (secondary N) is 2. The molecule has 0 unspecified atom stereocenters. The SMILES string of the molecule is CC(C)(C)c1ccc(NC(=O)NC[C@@H](O)COc2ccc([N+](=O)[O-])cc2)cc1. The molecule has 28 heavy (non-hydrogen) atoms. The number of aliphatic hydroxyl groups is 1. The number of benzene rings is 2. The van der Waals surface area contributed by atoms with Gasteiger partial charge in [-0.3, -0.25) is 10.1 Å². The first kappa shape index (κ1) is 21.2. The van der Waals surface area contributed by atoms with Crippen LogP contribution in [0.15, 0.2) is 48.5 Å². The molecule has 3 N–H and O–H groups in total. The minimum absolute atomic E-state index is 0.00110. The number of amides is 2. The smallest absolute Gasteiger partial charge is 0.319 e. The van der Waals surface area contributed by atoms with Crippen LogP contribution in [0.5, 0.6) is 5.75 Å². The van der Waals surface area contributed by atoms with E-state index in [1.807, 2.05) is 24.3 Å². The number of ether oxygens (including phenoxy) is 1. The first-order valence-electron chi connectivity index (χ1n) is 8.86. The molecule has 0 saturated heterocycles. The topological polar surface area (TPSA) is 114 Å². The predicted octanol–water partition coefficient (Wildman–Crippen LogP) is 3.45. The van der Waals surface area contributed by atoms with Gasteiger partial charge in [0.15, 0.2) is 0 Å². The van der Waals surface area contributed by atoms with Gasteiger partial charge in [-0.1, -0.05) is 32.9 Å². The summed E-state index contributed by atoms with van der Waals surface area (Å²) in [5.41, 5.74) is 1.82. The molecule has 0 heterocycles. The number of aliphatic hydroxyl groups excluding tert-OH is 1. The van der Waals surface area contributed by atoms with Crippen molar-refractivity contribution in [1.29, 1.82) is 0 Å². The fourth-order valence-corrected chi connectivity index (χ4v) is 2.35. The zero-order chi connectivity index (χ0) is 20.7. The van der Waals surface area contributed by atoms with Gasteiger partial charge in [0.05, 0.1) is 4.92 Å². The molecular weight excluding hydrogens is 362 g/mol. The minimum atomic E-state index is -0.927. The number of nitrogens with zero attached hydrogens (tertiary/aromatic N) is 1. The van der Waals surface area contributed by atoms with Crippen molar-refractivity contribution in [3.63, 3.8) is 0 Å². The zero-order valence-corrected chi connectivity index (χ0v) is 16.1. The van der Waals surface area contributed by atoms with Crippen LogP contribution in [-0.4, -0.2) is 35.3 Å². The van der Waals surface area contributed by atoms with Crippen molar-refractivity contribution in [2.45, 2.75) is 32.3 Å².